The second kappa shape index (κ2) is 4.61. The highest BCUT2D eigenvalue weighted by Crippen LogP contribution is 2.28. The van der Waals surface area contributed by atoms with Gasteiger partial charge >= 0.3 is 5.97 Å². The average molecular weight is 215 g/mol. The normalized spacial score (nSPS) is 20.9. The fourth-order valence-electron chi connectivity index (χ4n) is 1.73. The molecule has 86 valence electrons. The smallest absolute Gasteiger partial charge is 0.315 e. The van der Waals surface area contributed by atoms with Crippen molar-refractivity contribution in [2.75, 3.05) is 6.54 Å². The quantitative estimate of drug-likeness (QED) is 0.582. The fraction of sp³-hybridized carbons (Fsp3) is 0.800. The summed E-state index contributed by atoms with van der Waals surface area (Å²) in [6, 6.07) is 0. The van der Waals surface area contributed by atoms with Crippen molar-refractivity contribution in [3.8, 4) is 0 Å². The Bertz CT molecular complexity index is 258. The molecule has 15 heavy (non-hydrogen) atoms. The highest BCUT2D eigenvalue weighted by molar-refractivity contribution is 5.96. The van der Waals surface area contributed by atoms with Crippen LogP contribution in [0.15, 0.2) is 0 Å². The molecule has 0 radical (unpaired) electrons. The van der Waals surface area contributed by atoms with Gasteiger partial charge in [-0.25, -0.2) is 0 Å². The van der Waals surface area contributed by atoms with Crippen molar-refractivity contribution in [3.63, 3.8) is 0 Å². The van der Waals surface area contributed by atoms with Crippen molar-refractivity contribution in [2.24, 2.45) is 5.92 Å². The molecule has 0 aliphatic heterocycles. The van der Waals surface area contributed by atoms with E-state index in [-0.39, 0.29) is 6.54 Å². The lowest BCUT2D eigenvalue weighted by molar-refractivity contribution is -0.146. The second-order valence-corrected chi connectivity index (χ2v) is 4.21. The lowest BCUT2D eigenvalue weighted by Gasteiger charge is -2.22. The van der Waals surface area contributed by atoms with Gasteiger partial charge in [-0.3, -0.25) is 9.59 Å². The van der Waals surface area contributed by atoms with Crippen LogP contribution in [0.5, 0.6) is 0 Å². The Labute approximate surface area is 88.5 Å². The first-order valence-corrected chi connectivity index (χ1v) is 5.17. The van der Waals surface area contributed by atoms with Crippen LogP contribution < -0.4 is 5.32 Å². The van der Waals surface area contributed by atoms with Crippen LogP contribution in [-0.2, 0) is 9.59 Å². The molecule has 5 heteroatoms. The van der Waals surface area contributed by atoms with Gasteiger partial charge in [-0.1, -0.05) is 12.8 Å². The number of aliphatic hydroxyl groups is 1. The SMILES string of the molecule is CC(C(=O)O)C(=O)NCC1(O)CCCC1. The number of amides is 1. The summed E-state index contributed by atoms with van der Waals surface area (Å²) in [5, 5.41) is 21.0. The maximum atomic E-state index is 11.3. The van der Waals surface area contributed by atoms with E-state index < -0.39 is 23.4 Å². The number of carbonyl (C=O) groups is 2. The van der Waals surface area contributed by atoms with Crippen molar-refractivity contribution < 1.29 is 19.8 Å². The summed E-state index contributed by atoms with van der Waals surface area (Å²) in [4.78, 5) is 21.8. The molecular formula is C10H17NO4. The number of carbonyl (C=O) groups excluding carboxylic acids is 1. The molecule has 0 aromatic rings. The molecule has 1 saturated carbocycles. The van der Waals surface area contributed by atoms with E-state index in [1.54, 1.807) is 0 Å². The molecule has 1 unspecified atom stereocenters. The van der Waals surface area contributed by atoms with E-state index in [1.165, 1.54) is 6.92 Å². The van der Waals surface area contributed by atoms with Crippen LogP contribution in [0.1, 0.15) is 32.6 Å². The topological polar surface area (TPSA) is 86.6 Å². The molecule has 1 fully saturated rings. The first-order valence-electron chi connectivity index (χ1n) is 5.17. The van der Waals surface area contributed by atoms with E-state index in [0.29, 0.717) is 12.8 Å². The van der Waals surface area contributed by atoms with Crippen LogP contribution in [0.2, 0.25) is 0 Å². The number of rotatable bonds is 4. The number of hydrogen-bond donors (Lipinski definition) is 3. The zero-order chi connectivity index (χ0) is 11.5. The molecule has 1 amide bonds. The van der Waals surface area contributed by atoms with Gasteiger partial charge in [0.2, 0.25) is 5.91 Å². The van der Waals surface area contributed by atoms with Crippen LogP contribution in [0.25, 0.3) is 0 Å². The van der Waals surface area contributed by atoms with Gasteiger partial charge in [0.25, 0.3) is 0 Å². The fourth-order valence-corrected chi connectivity index (χ4v) is 1.73. The van der Waals surface area contributed by atoms with Crippen LogP contribution >= 0.6 is 0 Å². The Balaban J connectivity index is 2.36. The van der Waals surface area contributed by atoms with Crippen LogP contribution in [0, 0.1) is 5.92 Å². The third kappa shape index (κ3) is 3.20. The number of nitrogens with one attached hydrogen (secondary N) is 1. The van der Waals surface area contributed by atoms with Gasteiger partial charge < -0.3 is 15.5 Å². The standard InChI is InChI=1S/C10H17NO4/c1-7(9(13)14)8(12)11-6-10(15)4-2-3-5-10/h7,15H,2-6H2,1H3,(H,11,12)(H,13,14). The first-order chi connectivity index (χ1) is 6.94. The molecule has 3 N–H and O–H groups in total. The third-order valence-corrected chi connectivity index (χ3v) is 2.89. The van der Waals surface area contributed by atoms with Gasteiger partial charge in [-0.15, -0.1) is 0 Å². The zero-order valence-electron chi connectivity index (χ0n) is 8.82. The van der Waals surface area contributed by atoms with E-state index in [1.807, 2.05) is 0 Å². The van der Waals surface area contributed by atoms with E-state index >= 15 is 0 Å². The predicted molar refractivity (Wildman–Crippen MR) is 53.2 cm³/mol. The minimum absolute atomic E-state index is 0.156. The van der Waals surface area contributed by atoms with Gasteiger partial charge in [-0.2, -0.15) is 0 Å². The monoisotopic (exact) mass is 215 g/mol. The molecule has 1 aliphatic carbocycles. The molecule has 5 nitrogen and oxygen atoms in total. The predicted octanol–water partition coefficient (Wildman–Crippen LogP) is 0.128. The van der Waals surface area contributed by atoms with Crippen molar-refractivity contribution in [2.45, 2.75) is 38.2 Å². The largest absolute Gasteiger partial charge is 0.481 e. The summed E-state index contributed by atoms with van der Waals surface area (Å²) in [6.07, 6.45) is 3.27. The third-order valence-electron chi connectivity index (χ3n) is 2.89. The Kier molecular flexibility index (Phi) is 3.68. The van der Waals surface area contributed by atoms with E-state index in [9.17, 15) is 14.7 Å². The highest BCUT2D eigenvalue weighted by Gasteiger charge is 2.32. The summed E-state index contributed by atoms with van der Waals surface area (Å²) in [6.45, 7) is 1.49. The molecular weight excluding hydrogens is 198 g/mol. The van der Waals surface area contributed by atoms with Crippen molar-refractivity contribution in [1.82, 2.24) is 5.32 Å². The Morgan fingerprint density at radius 3 is 2.40 bits per heavy atom. The molecule has 0 aromatic heterocycles. The lowest BCUT2D eigenvalue weighted by atomic mass is 10.0. The molecule has 1 rings (SSSR count). The van der Waals surface area contributed by atoms with Crippen LogP contribution in [0.3, 0.4) is 0 Å². The molecule has 1 aliphatic rings. The Hall–Kier alpha value is -1.10. The number of hydrogen-bond acceptors (Lipinski definition) is 3. The minimum Gasteiger partial charge on any atom is -0.481 e. The van der Waals surface area contributed by atoms with Gasteiger partial charge in [0.05, 0.1) is 5.60 Å². The van der Waals surface area contributed by atoms with Crippen LogP contribution in [-0.4, -0.2) is 34.2 Å². The Morgan fingerprint density at radius 1 is 1.40 bits per heavy atom. The number of carboxylic acid groups (broad SMARTS) is 1. The zero-order valence-corrected chi connectivity index (χ0v) is 8.82. The summed E-state index contributed by atoms with van der Waals surface area (Å²) >= 11 is 0. The van der Waals surface area contributed by atoms with Gasteiger partial charge in [0, 0.05) is 6.54 Å². The van der Waals surface area contributed by atoms with Gasteiger partial charge in [0.1, 0.15) is 5.92 Å². The van der Waals surface area contributed by atoms with Gasteiger partial charge in [0.15, 0.2) is 0 Å². The molecule has 0 saturated heterocycles. The summed E-state index contributed by atoms with van der Waals surface area (Å²) in [7, 11) is 0. The maximum absolute atomic E-state index is 11.3. The van der Waals surface area contributed by atoms with Gasteiger partial charge in [-0.05, 0) is 19.8 Å². The molecule has 0 bridgehead atoms. The van der Waals surface area contributed by atoms with E-state index in [0.717, 1.165) is 12.8 Å². The molecule has 0 spiro atoms. The average Bonchev–Trinajstić information content (AvgIpc) is 2.61. The number of carboxylic acids is 1. The maximum Gasteiger partial charge on any atom is 0.315 e. The van der Waals surface area contributed by atoms with E-state index in [4.69, 9.17) is 5.11 Å². The number of aliphatic carboxylic acids is 1. The minimum atomic E-state index is -1.15. The van der Waals surface area contributed by atoms with Crippen molar-refractivity contribution in [1.29, 1.82) is 0 Å². The second-order valence-electron chi connectivity index (χ2n) is 4.21. The molecule has 0 heterocycles. The summed E-state index contributed by atoms with van der Waals surface area (Å²) in [5.41, 5.74) is -0.826. The van der Waals surface area contributed by atoms with Crippen molar-refractivity contribution >= 4 is 11.9 Å². The highest BCUT2D eigenvalue weighted by atomic mass is 16.4. The Morgan fingerprint density at radius 2 is 1.93 bits per heavy atom. The first kappa shape index (κ1) is 12.0. The molecule has 1 atom stereocenters. The van der Waals surface area contributed by atoms with Crippen molar-refractivity contribution in [3.05, 3.63) is 0 Å². The summed E-state index contributed by atoms with van der Waals surface area (Å²) < 4.78 is 0. The van der Waals surface area contributed by atoms with E-state index in [2.05, 4.69) is 5.32 Å². The van der Waals surface area contributed by atoms with Crippen LogP contribution in [0.4, 0.5) is 0 Å². The molecule has 0 aromatic carbocycles. The lowest BCUT2D eigenvalue weighted by Crippen LogP contribution is -2.43. The summed E-state index contributed by atoms with van der Waals surface area (Å²) in [5.74, 6) is -2.75.